The van der Waals surface area contributed by atoms with E-state index >= 15 is 0 Å². The van der Waals surface area contributed by atoms with E-state index in [1.807, 2.05) is 0 Å². The lowest BCUT2D eigenvalue weighted by Crippen LogP contribution is -2.19. The van der Waals surface area contributed by atoms with E-state index in [0.29, 0.717) is 13.2 Å². The molecule has 1 fully saturated rings. The van der Waals surface area contributed by atoms with Crippen LogP contribution in [0.3, 0.4) is 0 Å². The molecule has 1 radical (unpaired) electrons. The fraction of sp³-hybridized carbons (Fsp3) is 0.333. The number of ether oxygens (including phenoxy) is 1. The molecular weight excluding hydrogens is 118 g/mol. The lowest BCUT2D eigenvalue weighted by atomic mass is 10.5. The van der Waals surface area contributed by atoms with Crippen LogP contribution in [0, 0.1) is 6.54 Å². The zero-order valence-corrected chi connectivity index (χ0v) is 5.04. The summed E-state index contributed by atoms with van der Waals surface area (Å²) in [6, 6.07) is 0. The Labute approximate surface area is 53.9 Å². The van der Waals surface area contributed by atoms with Crippen LogP contribution in [0.1, 0.15) is 0 Å². The Morgan fingerprint density at radius 1 is 1.78 bits per heavy atom. The van der Waals surface area contributed by atoms with Crippen molar-refractivity contribution in [2.75, 3.05) is 13.2 Å². The standard InChI is InChI=1S/C6H8NO2/c1-2-3-7-4-5-9-6(7)8/h2-3H,1,4-5H2. The smallest absolute Gasteiger partial charge is 0.410 e. The summed E-state index contributed by atoms with van der Waals surface area (Å²) in [5.74, 6) is 0. The number of nitrogens with zero attached hydrogens (tertiary/aromatic N) is 1. The molecule has 0 unspecified atom stereocenters. The molecule has 0 aromatic rings. The maximum absolute atomic E-state index is 10.6. The van der Waals surface area contributed by atoms with Crippen LogP contribution in [0.5, 0.6) is 0 Å². The van der Waals surface area contributed by atoms with Crippen molar-refractivity contribution in [2.45, 2.75) is 0 Å². The summed E-state index contributed by atoms with van der Waals surface area (Å²) < 4.78 is 4.63. The number of rotatable bonds is 2. The van der Waals surface area contributed by atoms with Crippen molar-refractivity contribution in [3.8, 4) is 0 Å². The van der Waals surface area contributed by atoms with E-state index in [1.54, 1.807) is 12.6 Å². The molecule has 0 atom stereocenters. The highest BCUT2D eigenvalue weighted by molar-refractivity contribution is 5.70. The maximum Gasteiger partial charge on any atom is 0.410 e. The highest BCUT2D eigenvalue weighted by atomic mass is 16.6. The zero-order valence-electron chi connectivity index (χ0n) is 5.04. The number of carbonyl (C=O) groups excluding carboxylic acids is 1. The predicted octanol–water partition coefficient (Wildman–Crippen LogP) is 0.786. The molecule has 9 heavy (non-hydrogen) atoms. The molecule has 49 valence electrons. The molecule has 0 bridgehead atoms. The van der Waals surface area contributed by atoms with Crippen molar-refractivity contribution in [2.24, 2.45) is 0 Å². The van der Waals surface area contributed by atoms with Gasteiger partial charge in [0, 0.05) is 0 Å². The largest absolute Gasteiger partial charge is 0.448 e. The number of hydrogen-bond donors (Lipinski definition) is 0. The van der Waals surface area contributed by atoms with Gasteiger partial charge in [0.2, 0.25) is 0 Å². The minimum atomic E-state index is -0.282. The van der Waals surface area contributed by atoms with Crippen LogP contribution >= 0.6 is 0 Å². The normalized spacial score (nSPS) is 17.8. The predicted molar refractivity (Wildman–Crippen MR) is 32.6 cm³/mol. The second-order valence-corrected chi connectivity index (χ2v) is 1.69. The first kappa shape index (κ1) is 6.13. The number of amides is 1. The van der Waals surface area contributed by atoms with Gasteiger partial charge in [0.25, 0.3) is 0 Å². The molecule has 1 aliphatic rings. The Bertz CT molecular complexity index is 133. The van der Waals surface area contributed by atoms with Crippen LogP contribution in [0.2, 0.25) is 0 Å². The molecular formula is C6H8NO2. The second-order valence-electron chi connectivity index (χ2n) is 1.69. The third-order valence-electron chi connectivity index (χ3n) is 1.08. The Morgan fingerprint density at radius 2 is 2.56 bits per heavy atom. The van der Waals surface area contributed by atoms with Crippen molar-refractivity contribution in [3.63, 3.8) is 0 Å². The molecule has 0 aliphatic carbocycles. The second kappa shape index (κ2) is 2.53. The summed E-state index contributed by atoms with van der Waals surface area (Å²) in [6.45, 7) is 6.19. The van der Waals surface area contributed by atoms with Gasteiger partial charge in [-0.1, -0.05) is 6.08 Å². The van der Waals surface area contributed by atoms with E-state index < -0.39 is 0 Å². The van der Waals surface area contributed by atoms with Crippen molar-refractivity contribution in [1.29, 1.82) is 0 Å². The topological polar surface area (TPSA) is 29.5 Å². The summed E-state index contributed by atoms with van der Waals surface area (Å²) in [7, 11) is 0. The summed E-state index contributed by atoms with van der Waals surface area (Å²) in [6.07, 6.45) is 1.28. The molecule has 1 heterocycles. The van der Waals surface area contributed by atoms with Crippen molar-refractivity contribution in [3.05, 3.63) is 19.2 Å². The van der Waals surface area contributed by atoms with E-state index in [9.17, 15) is 4.79 Å². The summed E-state index contributed by atoms with van der Waals surface area (Å²) in [4.78, 5) is 12.1. The van der Waals surface area contributed by atoms with Gasteiger partial charge in [-0.3, -0.25) is 4.90 Å². The first-order valence-electron chi connectivity index (χ1n) is 2.74. The quantitative estimate of drug-likeness (QED) is 0.547. The summed E-state index contributed by atoms with van der Waals surface area (Å²) >= 11 is 0. The average Bonchev–Trinajstić information content (AvgIpc) is 2.18. The molecule has 3 nitrogen and oxygen atoms in total. The van der Waals surface area contributed by atoms with Crippen molar-refractivity contribution < 1.29 is 9.53 Å². The minimum absolute atomic E-state index is 0.282. The van der Waals surface area contributed by atoms with Gasteiger partial charge in [-0.25, -0.2) is 4.79 Å². The Morgan fingerprint density at radius 3 is 3.00 bits per heavy atom. The lowest BCUT2D eigenvalue weighted by molar-refractivity contribution is 0.164. The van der Waals surface area contributed by atoms with Crippen LogP contribution in [-0.4, -0.2) is 24.1 Å². The van der Waals surface area contributed by atoms with E-state index in [0.717, 1.165) is 0 Å². The zero-order chi connectivity index (χ0) is 6.69. The molecule has 0 aromatic carbocycles. The third-order valence-corrected chi connectivity index (χ3v) is 1.08. The van der Waals surface area contributed by atoms with Crippen LogP contribution < -0.4 is 0 Å². The van der Waals surface area contributed by atoms with Crippen molar-refractivity contribution >= 4 is 6.09 Å². The molecule has 0 aromatic heterocycles. The minimum Gasteiger partial charge on any atom is -0.448 e. The average molecular weight is 126 g/mol. The highest BCUT2D eigenvalue weighted by Gasteiger charge is 2.19. The molecule has 3 heteroatoms. The van der Waals surface area contributed by atoms with Gasteiger partial charge in [-0.15, -0.1) is 6.58 Å². The van der Waals surface area contributed by atoms with Gasteiger partial charge in [0.05, 0.1) is 13.1 Å². The summed E-state index contributed by atoms with van der Waals surface area (Å²) in [5, 5.41) is 0. The summed E-state index contributed by atoms with van der Waals surface area (Å²) in [5.41, 5.74) is 0. The monoisotopic (exact) mass is 126 g/mol. The molecule has 1 rings (SSSR count). The fourth-order valence-electron chi connectivity index (χ4n) is 0.668. The van der Waals surface area contributed by atoms with E-state index in [-0.39, 0.29) is 6.09 Å². The molecule has 1 amide bonds. The SMILES string of the molecule is C=C[CH]N1CCOC1=O. The molecule has 0 saturated carbocycles. The third kappa shape index (κ3) is 1.22. The first-order chi connectivity index (χ1) is 4.34. The van der Waals surface area contributed by atoms with Crippen molar-refractivity contribution in [1.82, 2.24) is 4.90 Å². The lowest BCUT2D eigenvalue weighted by Gasteiger charge is -2.05. The molecule has 0 N–H and O–H groups in total. The van der Waals surface area contributed by atoms with Gasteiger partial charge >= 0.3 is 6.09 Å². The van der Waals surface area contributed by atoms with Crippen LogP contribution in [-0.2, 0) is 4.74 Å². The first-order valence-corrected chi connectivity index (χ1v) is 2.74. The molecule has 0 spiro atoms. The number of cyclic esters (lactones) is 1. The Balaban J connectivity index is 2.39. The van der Waals surface area contributed by atoms with Crippen LogP contribution in [0.15, 0.2) is 12.7 Å². The van der Waals surface area contributed by atoms with Gasteiger partial charge in [-0.2, -0.15) is 0 Å². The van der Waals surface area contributed by atoms with Gasteiger partial charge in [0.15, 0.2) is 0 Å². The molecule has 1 aliphatic heterocycles. The Hall–Kier alpha value is -0.990. The molecule has 1 saturated heterocycles. The fourth-order valence-corrected chi connectivity index (χ4v) is 0.668. The van der Waals surface area contributed by atoms with Crippen LogP contribution in [0.4, 0.5) is 4.79 Å². The van der Waals surface area contributed by atoms with Gasteiger partial charge < -0.3 is 4.74 Å². The Kier molecular flexibility index (Phi) is 1.72. The van der Waals surface area contributed by atoms with E-state index in [2.05, 4.69) is 11.3 Å². The van der Waals surface area contributed by atoms with Crippen LogP contribution in [0.25, 0.3) is 0 Å². The maximum atomic E-state index is 10.6. The van der Waals surface area contributed by atoms with Gasteiger partial charge in [-0.05, 0) is 0 Å². The highest BCUT2D eigenvalue weighted by Crippen LogP contribution is 2.04. The van der Waals surface area contributed by atoms with E-state index in [1.165, 1.54) is 4.90 Å². The number of hydrogen-bond acceptors (Lipinski definition) is 2. The van der Waals surface area contributed by atoms with E-state index in [4.69, 9.17) is 0 Å². The number of carbonyl (C=O) groups is 1. The van der Waals surface area contributed by atoms with Gasteiger partial charge in [0.1, 0.15) is 6.61 Å².